The summed E-state index contributed by atoms with van der Waals surface area (Å²) in [6.07, 6.45) is 0. The summed E-state index contributed by atoms with van der Waals surface area (Å²) in [7, 11) is 0. The van der Waals surface area contributed by atoms with Gasteiger partial charge in [-0.2, -0.15) is 0 Å². The average molecular weight is 343 g/mol. The minimum absolute atomic E-state index is 0.119. The van der Waals surface area contributed by atoms with Crippen molar-refractivity contribution in [1.82, 2.24) is 26.6 Å². The van der Waals surface area contributed by atoms with Crippen LogP contribution in [0.25, 0.3) is 0 Å². The molecule has 0 radical (unpaired) electrons. The van der Waals surface area contributed by atoms with Crippen molar-refractivity contribution in [3.63, 3.8) is 0 Å². The Kier molecular flexibility index (Phi) is 9.63. The Morgan fingerprint density at radius 2 is 1.08 bits per heavy atom. The van der Waals surface area contributed by atoms with E-state index in [1.807, 2.05) is 34.6 Å². The van der Waals surface area contributed by atoms with Gasteiger partial charge in [0.2, 0.25) is 23.6 Å². The number of hydrogen-bond acceptors (Lipinski definition) is 5. The van der Waals surface area contributed by atoms with Crippen molar-refractivity contribution in [3.8, 4) is 0 Å². The highest BCUT2D eigenvalue weighted by molar-refractivity contribution is 5.90. The van der Waals surface area contributed by atoms with E-state index in [1.165, 1.54) is 0 Å². The van der Waals surface area contributed by atoms with Crippen LogP contribution in [-0.4, -0.2) is 61.4 Å². The third kappa shape index (κ3) is 13.5. The van der Waals surface area contributed by atoms with E-state index in [2.05, 4.69) is 26.6 Å². The Labute approximate surface area is 142 Å². The first-order chi connectivity index (χ1) is 11.0. The molecule has 0 fully saturated rings. The summed E-state index contributed by atoms with van der Waals surface area (Å²) < 4.78 is 0. The van der Waals surface area contributed by atoms with E-state index in [0.717, 1.165) is 0 Å². The molecule has 0 aromatic carbocycles. The van der Waals surface area contributed by atoms with Gasteiger partial charge in [0.05, 0.1) is 26.2 Å². The molecule has 5 N–H and O–H groups in total. The van der Waals surface area contributed by atoms with Gasteiger partial charge in [-0.1, -0.05) is 13.8 Å². The highest BCUT2D eigenvalue weighted by atomic mass is 16.2. The van der Waals surface area contributed by atoms with Crippen molar-refractivity contribution >= 4 is 23.6 Å². The molecular weight excluding hydrogens is 314 g/mol. The molecule has 138 valence electrons. The lowest BCUT2D eigenvalue weighted by Gasteiger charge is -2.20. The molecule has 0 unspecified atom stereocenters. The van der Waals surface area contributed by atoms with Crippen LogP contribution >= 0.6 is 0 Å². The summed E-state index contributed by atoms with van der Waals surface area (Å²) in [6.45, 7) is 8.78. The maximum Gasteiger partial charge on any atom is 0.239 e. The molecule has 24 heavy (non-hydrogen) atoms. The Morgan fingerprint density at radius 1 is 0.708 bits per heavy atom. The molecule has 0 aliphatic carbocycles. The maximum atomic E-state index is 11.5. The molecule has 0 saturated heterocycles. The maximum absolute atomic E-state index is 11.5. The van der Waals surface area contributed by atoms with E-state index in [-0.39, 0.29) is 49.6 Å². The zero-order valence-corrected chi connectivity index (χ0v) is 15.0. The second-order valence-corrected chi connectivity index (χ2v) is 6.66. The van der Waals surface area contributed by atoms with Crippen molar-refractivity contribution in [1.29, 1.82) is 0 Å². The number of rotatable bonds is 9. The molecule has 0 bridgehead atoms. The van der Waals surface area contributed by atoms with Gasteiger partial charge in [0, 0.05) is 11.6 Å². The van der Waals surface area contributed by atoms with Gasteiger partial charge in [0.1, 0.15) is 0 Å². The number of carbonyl (C=O) groups is 4. The van der Waals surface area contributed by atoms with Crippen LogP contribution in [0.5, 0.6) is 0 Å². The highest BCUT2D eigenvalue weighted by Crippen LogP contribution is 1.96. The summed E-state index contributed by atoms with van der Waals surface area (Å²) in [5.74, 6) is -1.59. The largest absolute Gasteiger partial charge is 0.350 e. The monoisotopic (exact) mass is 343 g/mol. The van der Waals surface area contributed by atoms with Crippen LogP contribution < -0.4 is 26.6 Å². The fraction of sp³-hybridized carbons (Fsp3) is 0.733. The van der Waals surface area contributed by atoms with Crippen molar-refractivity contribution in [2.45, 2.75) is 46.2 Å². The van der Waals surface area contributed by atoms with Gasteiger partial charge in [0.25, 0.3) is 0 Å². The molecule has 0 atom stereocenters. The lowest BCUT2D eigenvalue weighted by molar-refractivity contribution is -0.128. The second-order valence-electron chi connectivity index (χ2n) is 6.66. The van der Waals surface area contributed by atoms with Crippen molar-refractivity contribution < 1.29 is 19.2 Å². The third-order valence-electron chi connectivity index (χ3n) is 2.52. The van der Waals surface area contributed by atoms with Crippen molar-refractivity contribution in [3.05, 3.63) is 0 Å². The molecular formula is C15H29N5O4. The van der Waals surface area contributed by atoms with Gasteiger partial charge in [-0.15, -0.1) is 0 Å². The summed E-state index contributed by atoms with van der Waals surface area (Å²) in [4.78, 5) is 46.0. The summed E-state index contributed by atoms with van der Waals surface area (Å²) in [5.41, 5.74) is -0.376. The molecule has 0 rings (SSSR count). The topological polar surface area (TPSA) is 128 Å². The number of hydrogen-bond donors (Lipinski definition) is 5. The first-order valence-corrected chi connectivity index (χ1v) is 7.84. The molecule has 0 aromatic heterocycles. The number of amides is 4. The van der Waals surface area contributed by atoms with E-state index < -0.39 is 11.8 Å². The fourth-order valence-corrected chi connectivity index (χ4v) is 1.48. The number of carbonyl (C=O) groups excluding carboxylic acids is 4. The SMILES string of the molecule is CC(C)NCC(=O)NCC(=O)NCC(=O)NCC(=O)NC(C)(C)C. The lowest BCUT2D eigenvalue weighted by Crippen LogP contribution is -2.48. The van der Waals surface area contributed by atoms with Gasteiger partial charge in [-0.3, -0.25) is 19.2 Å². The van der Waals surface area contributed by atoms with Crippen LogP contribution in [0.2, 0.25) is 0 Å². The first-order valence-electron chi connectivity index (χ1n) is 7.84. The van der Waals surface area contributed by atoms with Gasteiger partial charge >= 0.3 is 0 Å². The molecule has 0 spiro atoms. The van der Waals surface area contributed by atoms with E-state index in [9.17, 15) is 19.2 Å². The highest BCUT2D eigenvalue weighted by Gasteiger charge is 2.14. The van der Waals surface area contributed by atoms with Gasteiger partial charge in [-0.25, -0.2) is 0 Å². The predicted octanol–water partition coefficient (Wildman–Crippen LogP) is -1.75. The average Bonchev–Trinajstić information content (AvgIpc) is 2.44. The first kappa shape index (κ1) is 21.8. The van der Waals surface area contributed by atoms with Crippen LogP contribution in [0.1, 0.15) is 34.6 Å². The molecule has 9 nitrogen and oxygen atoms in total. The van der Waals surface area contributed by atoms with Crippen molar-refractivity contribution in [2.24, 2.45) is 0 Å². The Morgan fingerprint density at radius 3 is 1.46 bits per heavy atom. The smallest absolute Gasteiger partial charge is 0.239 e. The van der Waals surface area contributed by atoms with E-state index in [4.69, 9.17) is 0 Å². The van der Waals surface area contributed by atoms with E-state index in [1.54, 1.807) is 0 Å². The van der Waals surface area contributed by atoms with E-state index in [0.29, 0.717) is 0 Å². The van der Waals surface area contributed by atoms with Crippen LogP contribution in [0.4, 0.5) is 0 Å². The van der Waals surface area contributed by atoms with Crippen molar-refractivity contribution in [2.75, 3.05) is 26.2 Å². The van der Waals surface area contributed by atoms with Crippen LogP contribution in [0.3, 0.4) is 0 Å². The Hall–Kier alpha value is -2.16. The zero-order valence-electron chi connectivity index (χ0n) is 15.0. The van der Waals surface area contributed by atoms with Gasteiger partial charge in [0.15, 0.2) is 0 Å². The second kappa shape index (κ2) is 10.6. The minimum Gasteiger partial charge on any atom is -0.350 e. The lowest BCUT2D eigenvalue weighted by atomic mass is 10.1. The molecule has 9 heteroatoms. The Bertz CT molecular complexity index is 457. The summed E-state index contributed by atoms with van der Waals surface area (Å²) in [6, 6.07) is 0.170. The summed E-state index contributed by atoms with van der Waals surface area (Å²) >= 11 is 0. The zero-order chi connectivity index (χ0) is 18.8. The standard InChI is InChI=1S/C15H29N5O4/c1-10(2)16-6-11(21)17-7-12(22)18-8-13(23)19-9-14(24)20-15(3,4)5/h10,16H,6-9H2,1-5H3,(H,17,21)(H,18,22)(H,19,23)(H,20,24). The molecule has 0 aliphatic rings. The van der Waals surface area contributed by atoms with E-state index >= 15 is 0 Å². The van der Waals surface area contributed by atoms with Gasteiger partial charge in [-0.05, 0) is 20.8 Å². The minimum atomic E-state index is -0.486. The van der Waals surface area contributed by atoms with Gasteiger partial charge < -0.3 is 26.6 Å². The van der Waals surface area contributed by atoms with Crippen LogP contribution in [-0.2, 0) is 19.2 Å². The molecule has 0 heterocycles. The fourth-order valence-electron chi connectivity index (χ4n) is 1.48. The molecule has 0 aliphatic heterocycles. The van der Waals surface area contributed by atoms with Crippen LogP contribution in [0, 0.1) is 0 Å². The molecule has 0 saturated carbocycles. The molecule has 0 aromatic rings. The normalized spacial score (nSPS) is 10.9. The Balaban J connectivity index is 3.84. The quantitative estimate of drug-likeness (QED) is 0.339. The number of nitrogens with one attached hydrogen (secondary N) is 5. The third-order valence-corrected chi connectivity index (χ3v) is 2.52. The molecule has 4 amide bonds. The summed E-state index contributed by atoms with van der Waals surface area (Å²) in [5, 5.41) is 12.8. The van der Waals surface area contributed by atoms with Crippen LogP contribution in [0.15, 0.2) is 0 Å². The predicted molar refractivity (Wildman–Crippen MR) is 90.1 cm³/mol.